The number of hydrogen-bond acceptors (Lipinski definition) is 7. The van der Waals surface area contributed by atoms with Gasteiger partial charge in [0.25, 0.3) is 11.5 Å². The van der Waals surface area contributed by atoms with E-state index in [1.807, 2.05) is 19.0 Å². The van der Waals surface area contributed by atoms with Crippen LogP contribution in [0.3, 0.4) is 0 Å². The van der Waals surface area contributed by atoms with Crippen molar-refractivity contribution in [3.05, 3.63) is 44.8 Å². The van der Waals surface area contributed by atoms with E-state index in [-0.39, 0.29) is 11.5 Å². The average Bonchev–Trinajstić information content (AvgIpc) is 2.97. The third-order valence-electron chi connectivity index (χ3n) is 4.13. The molecular weight excluding hydrogens is 380 g/mol. The number of aryl methyl sites for hydroxylation is 1. The van der Waals surface area contributed by atoms with Gasteiger partial charge < -0.3 is 24.7 Å². The number of thiophene rings is 1. The van der Waals surface area contributed by atoms with Crippen LogP contribution in [-0.4, -0.2) is 49.1 Å². The number of nitrogens with zero attached hydrogens (tertiary/aromatic N) is 2. The lowest BCUT2D eigenvalue weighted by atomic mass is 10.2. The highest BCUT2D eigenvalue weighted by atomic mass is 32.1. The van der Waals surface area contributed by atoms with Gasteiger partial charge in [0.05, 0.1) is 31.0 Å². The maximum Gasteiger partial charge on any atom is 0.266 e. The van der Waals surface area contributed by atoms with Crippen LogP contribution in [0.2, 0.25) is 0 Å². The van der Waals surface area contributed by atoms with Gasteiger partial charge in [-0.3, -0.25) is 9.59 Å². The molecule has 28 heavy (non-hydrogen) atoms. The van der Waals surface area contributed by atoms with Gasteiger partial charge in [-0.15, -0.1) is 11.3 Å². The Morgan fingerprint density at radius 3 is 2.43 bits per heavy atom. The first-order valence-corrected chi connectivity index (χ1v) is 9.35. The molecule has 0 fully saturated rings. The van der Waals surface area contributed by atoms with Gasteiger partial charge in [0, 0.05) is 23.9 Å². The Kier molecular flexibility index (Phi) is 5.66. The standard InChI is InChI=1S/C19H22N4O4S/c1-10-15-17(24)21-14(9-23(2)3)22-19(15)28-16(10)18(25)20-11-6-12(26-4)8-13(7-11)27-5/h6-8H,9H2,1-5H3,(H,20,25)(H,21,22,24). The van der Waals surface area contributed by atoms with E-state index in [4.69, 9.17) is 9.47 Å². The van der Waals surface area contributed by atoms with E-state index in [0.29, 0.717) is 50.2 Å². The Hall–Kier alpha value is -2.91. The number of ether oxygens (including phenoxy) is 2. The minimum atomic E-state index is -0.315. The van der Waals surface area contributed by atoms with E-state index in [0.717, 1.165) is 0 Å². The maximum atomic E-state index is 12.8. The fourth-order valence-electron chi connectivity index (χ4n) is 2.85. The number of fused-ring (bicyclic) bond motifs is 1. The van der Waals surface area contributed by atoms with Gasteiger partial charge in [0.2, 0.25) is 0 Å². The van der Waals surface area contributed by atoms with Crippen LogP contribution in [0, 0.1) is 6.92 Å². The van der Waals surface area contributed by atoms with Crippen LogP contribution in [0.15, 0.2) is 23.0 Å². The Balaban J connectivity index is 1.97. The number of aromatic amines is 1. The van der Waals surface area contributed by atoms with Crippen molar-refractivity contribution in [2.75, 3.05) is 33.6 Å². The largest absolute Gasteiger partial charge is 0.497 e. The van der Waals surface area contributed by atoms with E-state index >= 15 is 0 Å². The third kappa shape index (κ3) is 4.00. The maximum absolute atomic E-state index is 12.8. The number of anilines is 1. The summed E-state index contributed by atoms with van der Waals surface area (Å²) >= 11 is 1.20. The topological polar surface area (TPSA) is 96.5 Å². The molecule has 3 rings (SSSR count). The lowest BCUT2D eigenvalue weighted by molar-refractivity contribution is 0.103. The fourth-order valence-corrected chi connectivity index (χ4v) is 3.94. The molecule has 0 atom stereocenters. The van der Waals surface area contributed by atoms with Crippen LogP contribution in [0.5, 0.6) is 11.5 Å². The zero-order valence-corrected chi connectivity index (χ0v) is 17.2. The molecule has 1 aromatic carbocycles. The van der Waals surface area contributed by atoms with Crippen LogP contribution >= 0.6 is 11.3 Å². The summed E-state index contributed by atoms with van der Waals surface area (Å²) in [6.45, 7) is 2.26. The monoisotopic (exact) mass is 402 g/mol. The highest BCUT2D eigenvalue weighted by molar-refractivity contribution is 7.20. The molecule has 0 unspecified atom stereocenters. The SMILES string of the molecule is COc1cc(NC(=O)c2sc3nc(CN(C)C)[nH]c(=O)c3c2C)cc(OC)c1. The van der Waals surface area contributed by atoms with E-state index in [9.17, 15) is 9.59 Å². The van der Waals surface area contributed by atoms with Crippen LogP contribution in [0.1, 0.15) is 21.1 Å². The van der Waals surface area contributed by atoms with E-state index < -0.39 is 0 Å². The summed E-state index contributed by atoms with van der Waals surface area (Å²) in [7, 11) is 6.87. The molecule has 1 amide bonds. The molecule has 0 aliphatic heterocycles. The molecule has 0 aliphatic carbocycles. The number of amides is 1. The molecule has 148 valence electrons. The summed E-state index contributed by atoms with van der Waals surface area (Å²) in [4.78, 5) is 35.5. The first-order valence-electron chi connectivity index (χ1n) is 8.53. The zero-order chi connectivity index (χ0) is 20.4. The van der Waals surface area contributed by atoms with Crippen molar-refractivity contribution in [3.8, 4) is 11.5 Å². The lowest BCUT2D eigenvalue weighted by Crippen LogP contribution is -2.18. The molecule has 0 saturated heterocycles. The molecule has 3 aromatic rings. The summed E-state index contributed by atoms with van der Waals surface area (Å²) in [6.07, 6.45) is 0. The second-order valence-electron chi connectivity index (χ2n) is 6.54. The summed E-state index contributed by atoms with van der Waals surface area (Å²) in [6, 6.07) is 5.11. The molecular formula is C19H22N4O4S. The summed E-state index contributed by atoms with van der Waals surface area (Å²) in [5.41, 5.74) is 0.906. The molecule has 9 heteroatoms. The van der Waals surface area contributed by atoms with Crippen LogP contribution < -0.4 is 20.3 Å². The molecule has 0 saturated carbocycles. The van der Waals surface area contributed by atoms with Gasteiger partial charge in [-0.2, -0.15) is 0 Å². The number of aromatic nitrogens is 2. The second kappa shape index (κ2) is 7.99. The molecule has 8 nitrogen and oxygen atoms in total. The molecule has 2 N–H and O–H groups in total. The third-order valence-corrected chi connectivity index (χ3v) is 5.32. The van der Waals surface area contributed by atoms with Crippen LogP contribution in [-0.2, 0) is 6.54 Å². The minimum absolute atomic E-state index is 0.238. The first-order chi connectivity index (χ1) is 13.3. The minimum Gasteiger partial charge on any atom is -0.497 e. The molecule has 2 heterocycles. The van der Waals surface area contributed by atoms with Gasteiger partial charge in [0.15, 0.2) is 0 Å². The normalized spacial score (nSPS) is 11.1. The number of hydrogen-bond donors (Lipinski definition) is 2. The molecule has 0 aliphatic rings. The van der Waals surface area contributed by atoms with Crippen LogP contribution in [0.4, 0.5) is 5.69 Å². The highest BCUT2D eigenvalue weighted by Gasteiger charge is 2.20. The number of nitrogens with one attached hydrogen (secondary N) is 2. The summed E-state index contributed by atoms with van der Waals surface area (Å²) in [5.74, 6) is 1.38. The number of carbonyl (C=O) groups excluding carboxylic acids is 1. The number of methoxy groups -OCH3 is 2. The Bertz CT molecular complexity index is 1070. The number of H-pyrrole nitrogens is 1. The fraction of sp³-hybridized carbons (Fsp3) is 0.316. The second-order valence-corrected chi connectivity index (χ2v) is 7.54. The quantitative estimate of drug-likeness (QED) is 0.658. The Morgan fingerprint density at radius 2 is 1.86 bits per heavy atom. The lowest BCUT2D eigenvalue weighted by Gasteiger charge is -2.09. The van der Waals surface area contributed by atoms with Crippen molar-refractivity contribution >= 4 is 33.1 Å². The predicted octanol–water partition coefficient (Wildman–Crippen LogP) is 2.62. The zero-order valence-electron chi connectivity index (χ0n) is 16.4. The van der Waals surface area contributed by atoms with Gasteiger partial charge in [-0.1, -0.05) is 0 Å². The predicted molar refractivity (Wildman–Crippen MR) is 110 cm³/mol. The van der Waals surface area contributed by atoms with Gasteiger partial charge in [0.1, 0.15) is 22.2 Å². The number of carbonyl (C=O) groups is 1. The smallest absolute Gasteiger partial charge is 0.266 e. The van der Waals surface area contributed by atoms with Gasteiger partial charge in [-0.25, -0.2) is 4.98 Å². The van der Waals surface area contributed by atoms with E-state index in [1.165, 1.54) is 11.3 Å². The van der Waals surface area contributed by atoms with Crippen molar-refractivity contribution in [1.29, 1.82) is 0 Å². The number of rotatable bonds is 6. The first kappa shape index (κ1) is 19.8. The van der Waals surface area contributed by atoms with E-state index in [2.05, 4.69) is 15.3 Å². The Morgan fingerprint density at radius 1 is 1.21 bits per heavy atom. The van der Waals surface area contributed by atoms with Crippen molar-refractivity contribution in [3.63, 3.8) is 0 Å². The van der Waals surface area contributed by atoms with Gasteiger partial charge in [-0.05, 0) is 26.6 Å². The van der Waals surface area contributed by atoms with Crippen molar-refractivity contribution in [1.82, 2.24) is 14.9 Å². The summed E-state index contributed by atoms with van der Waals surface area (Å²) < 4.78 is 10.5. The molecule has 2 aromatic heterocycles. The summed E-state index contributed by atoms with van der Waals surface area (Å²) in [5, 5.41) is 3.28. The number of benzene rings is 1. The van der Waals surface area contributed by atoms with Crippen molar-refractivity contribution < 1.29 is 14.3 Å². The van der Waals surface area contributed by atoms with Crippen molar-refractivity contribution in [2.45, 2.75) is 13.5 Å². The Labute approximate surface area is 166 Å². The van der Waals surface area contributed by atoms with Crippen LogP contribution in [0.25, 0.3) is 10.2 Å². The van der Waals surface area contributed by atoms with E-state index in [1.54, 1.807) is 39.3 Å². The molecule has 0 bridgehead atoms. The van der Waals surface area contributed by atoms with Crippen molar-refractivity contribution in [2.24, 2.45) is 0 Å². The molecule has 0 radical (unpaired) electrons. The van der Waals surface area contributed by atoms with Gasteiger partial charge >= 0.3 is 0 Å². The molecule has 0 spiro atoms. The highest BCUT2D eigenvalue weighted by Crippen LogP contribution is 2.30. The average molecular weight is 402 g/mol.